The number of hydrogen-bond donors (Lipinski definition) is 2. The predicted octanol–water partition coefficient (Wildman–Crippen LogP) is 2.58. The number of thiazole rings is 2. The van der Waals surface area contributed by atoms with Crippen molar-refractivity contribution in [3.63, 3.8) is 0 Å². The number of aliphatic carboxylic acids is 1. The number of nitrogens with zero attached hydrogens (tertiary/aromatic N) is 4. The summed E-state index contributed by atoms with van der Waals surface area (Å²) in [6.45, 7) is 1.93. The average molecular weight is 365 g/mol. The summed E-state index contributed by atoms with van der Waals surface area (Å²) in [7, 11) is 1.52. The molecule has 0 saturated heterocycles. The van der Waals surface area contributed by atoms with Gasteiger partial charge >= 0.3 is 12.0 Å². The van der Waals surface area contributed by atoms with Gasteiger partial charge in [-0.3, -0.25) is 10.1 Å². The lowest BCUT2D eigenvalue weighted by atomic mass is 10.3. The monoisotopic (exact) mass is 365 g/mol. The highest BCUT2D eigenvalue weighted by Gasteiger charge is 2.16. The van der Waals surface area contributed by atoms with Gasteiger partial charge in [-0.15, -0.1) is 11.3 Å². The van der Waals surface area contributed by atoms with E-state index in [1.54, 1.807) is 0 Å². The molecule has 0 aromatic carbocycles. The number of urea groups is 1. The molecule has 2 aromatic rings. The quantitative estimate of drug-likeness (QED) is 0.812. The molecule has 0 aliphatic rings. The van der Waals surface area contributed by atoms with Crippen molar-refractivity contribution in [3.05, 3.63) is 16.1 Å². The van der Waals surface area contributed by atoms with Crippen LogP contribution in [0.4, 0.5) is 9.93 Å². The topological polar surface area (TPSA) is 119 Å². The van der Waals surface area contributed by atoms with Gasteiger partial charge in [-0.05, 0) is 6.92 Å². The third-order valence-corrected chi connectivity index (χ3v) is 4.98. The van der Waals surface area contributed by atoms with Crippen LogP contribution >= 0.6 is 22.7 Å². The molecule has 0 unspecified atom stereocenters. The molecule has 0 saturated carbocycles. The lowest BCUT2D eigenvalue weighted by molar-refractivity contribution is -0.137. The number of carbonyl (C=O) groups excluding carboxylic acids is 1. The van der Waals surface area contributed by atoms with Gasteiger partial charge in [-0.1, -0.05) is 11.3 Å². The van der Waals surface area contributed by atoms with Crippen LogP contribution in [0.25, 0.3) is 10.6 Å². The molecule has 0 spiro atoms. The molecule has 2 heterocycles. The second-order valence-electron chi connectivity index (χ2n) is 4.89. The van der Waals surface area contributed by atoms with E-state index in [0.717, 1.165) is 21.3 Å². The number of aryl methyl sites for hydroxylation is 1. The Morgan fingerprint density at radius 1 is 1.46 bits per heavy atom. The van der Waals surface area contributed by atoms with Crippen LogP contribution in [0.2, 0.25) is 0 Å². The van der Waals surface area contributed by atoms with Crippen molar-refractivity contribution >= 4 is 39.8 Å². The van der Waals surface area contributed by atoms with Gasteiger partial charge in [0.05, 0.1) is 35.2 Å². The van der Waals surface area contributed by atoms with Crippen LogP contribution in [0, 0.1) is 18.3 Å². The van der Waals surface area contributed by atoms with Crippen molar-refractivity contribution in [2.24, 2.45) is 0 Å². The minimum absolute atomic E-state index is 0.113. The molecular weight excluding hydrogens is 350 g/mol. The van der Waals surface area contributed by atoms with Crippen molar-refractivity contribution in [1.82, 2.24) is 14.9 Å². The van der Waals surface area contributed by atoms with Gasteiger partial charge in [0.25, 0.3) is 0 Å². The first kappa shape index (κ1) is 17.8. The maximum absolute atomic E-state index is 12.0. The molecule has 2 N–H and O–H groups in total. The molecule has 0 aliphatic heterocycles. The van der Waals surface area contributed by atoms with Gasteiger partial charge in [0, 0.05) is 19.0 Å². The SMILES string of the molecule is Cc1nc(NC(=O)N(C)CCC(=O)O)sc1-c1csc(CC#N)n1. The van der Waals surface area contributed by atoms with E-state index < -0.39 is 12.0 Å². The fourth-order valence-electron chi connectivity index (χ4n) is 1.80. The summed E-state index contributed by atoms with van der Waals surface area (Å²) in [4.78, 5) is 33.4. The van der Waals surface area contributed by atoms with Crippen LogP contribution < -0.4 is 5.32 Å². The Labute approximate surface area is 146 Å². The smallest absolute Gasteiger partial charge is 0.323 e. The highest BCUT2D eigenvalue weighted by Crippen LogP contribution is 2.33. The van der Waals surface area contributed by atoms with E-state index in [4.69, 9.17) is 10.4 Å². The Bertz CT molecular complexity index is 793. The number of nitrogens with one attached hydrogen (secondary N) is 1. The molecule has 24 heavy (non-hydrogen) atoms. The summed E-state index contributed by atoms with van der Waals surface area (Å²) >= 11 is 2.70. The Morgan fingerprint density at radius 3 is 2.88 bits per heavy atom. The van der Waals surface area contributed by atoms with E-state index in [1.807, 2.05) is 12.3 Å². The van der Waals surface area contributed by atoms with Crippen LogP contribution in [0.1, 0.15) is 17.1 Å². The molecule has 10 heteroatoms. The number of carboxylic acid groups (broad SMARTS) is 1. The zero-order valence-corrected chi connectivity index (χ0v) is 14.7. The second kappa shape index (κ2) is 7.85. The minimum atomic E-state index is -0.960. The fourth-order valence-corrected chi connectivity index (χ4v) is 3.51. The van der Waals surface area contributed by atoms with Gasteiger partial charge in [0.2, 0.25) is 0 Å². The van der Waals surface area contributed by atoms with Gasteiger partial charge in [-0.25, -0.2) is 14.8 Å². The molecule has 2 aromatic heterocycles. The molecule has 0 radical (unpaired) electrons. The second-order valence-corrected chi connectivity index (χ2v) is 6.83. The number of aromatic nitrogens is 2. The summed E-state index contributed by atoms with van der Waals surface area (Å²) in [5.41, 5.74) is 1.47. The summed E-state index contributed by atoms with van der Waals surface area (Å²) in [6, 6.07) is 1.64. The summed E-state index contributed by atoms with van der Waals surface area (Å²) in [5, 5.41) is 23.0. The minimum Gasteiger partial charge on any atom is -0.481 e. The van der Waals surface area contributed by atoms with Crippen LogP contribution in [0.15, 0.2) is 5.38 Å². The maximum Gasteiger partial charge on any atom is 0.323 e. The predicted molar refractivity (Wildman–Crippen MR) is 91.2 cm³/mol. The fraction of sp³-hybridized carbons (Fsp3) is 0.357. The average Bonchev–Trinajstić information content (AvgIpc) is 3.11. The van der Waals surface area contributed by atoms with E-state index in [0.29, 0.717) is 5.13 Å². The van der Waals surface area contributed by atoms with Crippen LogP contribution in [0.3, 0.4) is 0 Å². The Balaban J connectivity index is 2.06. The van der Waals surface area contributed by atoms with E-state index in [2.05, 4.69) is 21.4 Å². The molecule has 126 valence electrons. The van der Waals surface area contributed by atoms with Crippen molar-refractivity contribution in [1.29, 1.82) is 5.26 Å². The normalized spacial score (nSPS) is 10.2. The molecule has 2 amide bonds. The number of carbonyl (C=O) groups is 2. The Kier molecular flexibility index (Phi) is 5.83. The van der Waals surface area contributed by atoms with E-state index >= 15 is 0 Å². The lowest BCUT2D eigenvalue weighted by Gasteiger charge is -2.15. The summed E-state index contributed by atoms with van der Waals surface area (Å²) in [5.74, 6) is -0.960. The van der Waals surface area contributed by atoms with Crippen molar-refractivity contribution in [3.8, 4) is 16.6 Å². The number of anilines is 1. The van der Waals surface area contributed by atoms with Crippen LogP contribution in [-0.4, -0.2) is 45.6 Å². The summed E-state index contributed by atoms with van der Waals surface area (Å²) in [6.07, 6.45) is 0.146. The maximum atomic E-state index is 12.0. The first-order valence-corrected chi connectivity index (χ1v) is 8.63. The number of nitriles is 1. The highest BCUT2D eigenvalue weighted by molar-refractivity contribution is 7.19. The van der Waals surface area contributed by atoms with E-state index in [-0.39, 0.29) is 19.4 Å². The number of rotatable bonds is 6. The molecular formula is C14H15N5O3S2. The molecule has 2 rings (SSSR count). The third kappa shape index (κ3) is 4.50. The van der Waals surface area contributed by atoms with Crippen LogP contribution in [0.5, 0.6) is 0 Å². The first-order valence-electron chi connectivity index (χ1n) is 6.93. The van der Waals surface area contributed by atoms with Gasteiger partial charge in [-0.2, -0.15) is 5.26 Å². The molecule has 0 bridgehead atoms. The van der Waals surface area contributed by atoms with Crippen molar-refractivity contribution in [2.75, 3.05) is 18.9 Å². The number of hydrogen-bond acceptors (Lipinski definition) is 7. The molecule has 8 nitrogen and oxygen atoms in total. The van der Waals surface area contributed by atoms with Crippen molar-refractivity contribution in [2.45, 2.75) is 19.8 Å². The molecule has 0 fully saturated rings. The van der Waals surface area contributed by atoms with E-state index in [9.17, 15) is 9.59 Å². The van der Waals surface area contributed by atoms with Gasteiger partial charge < -0.3 is 10.0 Å². The highest BCUT2D eigenvalue weighted by atomic mass is 32.1. The van der Waals surface area contributed by atoms with Gasteiger partial charge in [0.1, 0.15) is 5.01 Å². The number of amides is 2. The zero-order valence-electron chi connectivity index (χ0n) is 13.1. The Hall–Kier alpha value is -2.51. The van der Waals surface area contributed by atoms with Crippen LogP contribution in [-0.2, 0) is 11.2 Å². The third-order valence-electron chi connectivity index (χ3n) is 3.03. The number of carboxylic acids is 1. The van der Waals surface area contributed by atoms with Gasteiger partial charge in [0.15, 0.2) is 5.13 Å². The first-order chi connectivity index (χ1) is 11.4. The molecule has 0 atom stereocenters. The zero-order chi connectivity index (χ0) is 17.7. The molecule has 0 aliphatic carbocycles. The lowest BCUT2D eigenvalue weighted by Crippen LogP contribution is -2.33. The Morgan fingerprint density at radius 2 is 2.21 bits per heavy atom. The standard InChI is InChI=1S/C14H15N5O3S2/c1-8-12(9-7-23-10(17-9)3-5-15)24-13(16-8)18-14(22)19(2)6-4-11(20)21/h7H,3-4,6H2,1-2H3,(H,20,21)(H,16,18,22). The van der Waals surface area contributed by atoms with E-state index in [1.165, 1.54) is 34.6 Å². The summed E-state index contributed by atoms with van der Waals surface area (Å²) < 4.78 is 0. The van der Waals surface area contributed by atoms with Crippen molar-refractivity contribution < 1.29 is 14.7 Å². The largest absolute Gasteiger partial charge is 0.481 e.